The molecule has 0 spiro atoms. The average Bonchev–Trinajstić information content (AvgIpc) is 2.85. The van der Waals surface area contributed by atoms with Gasteiger partial charge in [0.2, 0.25) is 0 Å². The first-order chi connectivity index (χ1) is 10.1. The van der Waals surface area contributed by atoms with Crippen LogP contribution in [0.4, 0.5) is 5.69 Å². The first-order valence-electron chi connectivity index (χ1n) is 6.30. The third-order valence-corrected chi connectivity index (χ3v) is 3.71. The number of aromatic nitrogens is 3. The van der Waals surface area contributed by atoms with Gasteiger partial charge in [0.25, 0.3) is 0 Å². The molecular formula is C15H12Cl2N4. The van der Waals surface area contributed by atoms with Crippen LogP contribution >= 0.6 is 23.2 Å². The summed E-state index contributed by atoms with van der Waals surface area (Å²) < 4.78 is 1.92. The Morgan fingerprint density at radius 1 is 1.05 bits per heavy atom. The van der Waals surface area contributed by atoms with Crippen LogP contribution < -0.4 is 5.73 Å². The molecule has 2 aromatic carbocycles. The molecule has 0 aliphatic rings. The Hall–Kier alpha value is -2.04. The summed E-state index contributed by atoms with van der Waals surface area (Å²) in [6.07, 6.45) is 0. The Morgan fingerprint density at radius 2 is 1.76 bits per heavy atom. The summed E-state index contributed by atoms with van der Waals surface area (Å²) in [5.41, 5.74) is 8.12. The van der Waals surface area contributed by atoms with Crippen molar-refractivity contribution < 1.29 is 0 Å². The maximum Gasteiger partial charge on any atom is 0.170 e. The molecule has 21 heavy (non-hydrogen) atoms. The van der Waals surface area contributed by atoms with Gasteiger partial charge in [-0.15, -0.1) is 10.2 Å². The van der Waals surface area contributed by atoms with Crippen molar-refractivity contribution in [3.05, 3.63) is 58.3 Å². The van der Waals surface area contributed by atoms with Gasteiger partial charge in [0.05, 0.1) is 10.7 Å². The van der Waals surface area contributed by atoms with Gasteiger partial charge in [-0.3, -0.25) is 4.57 Å². The van der Waals surface area contributed by atoms with Crippen molar-refractivity contribution >= 4 is 28.9 Å². The SMILES string of the molecule is Cc1nnc(-c2cc(Cl)cc(Cl)c2N)n1-c1ccccc1. The lowest BCUT2D eigenvalue weighted by Crippen LogP contribution is -2.02. The van der Waals surface area contributed by atoms with E-state index in [0.29, 0.717) is 27.1 Å². The Bertz CT molecular complexity index is 797. The summed E-state index contributed by atoms with van der Waals surface area (Å²) in [6.45, 7) is 1.88. The quantitative estimate of drug-likeness (QED) is 0.723. The lowest BCUT2D eigenvalue weighted by Gasteiger charge is -2.11. The number of nitrogen functional groups attached to an aromatic ring is 1. The molecule has 0 aliphatic heterocycles. The zero-order chi connectivity index (χ0) is 15.0. The number of hydrogen-bond donors (Lipinski definition) is 1. The average molecular weight is 319 g/mol. The second-order valence-electron chi connectivity index (χ2n) is 4.59. The van der Waals surface area contributed by atoms with Crippen LogP contribution in [0.5, 0.6) is 0 Å². The molecule has 0 aliphatic carbocycles. The number of para-hydroxylation sites is 1. The predicted octanol–water partition coefficient (Wildman–Crippen LogP) is 4.13. The van der Waals surface area contributed by atoms with E-state index in [1.165, 1.54) is 0 Å². The van der Waals surface area contributed by atoms with Gasteiger partial charge in [-0.2, -0.15) is 0 Å². The minimum Gasteiger partial charge on any atom is -0.397 e. The Labute approximate surface area is 132 Å². The maximum atomic E-state index is 6.11. The Balaban J connectivity index is 2.27. The van der Waals surface area contributed by atoms with E-state index in [1.54, 1.807) is 12.1 Å². The van der Waals surface area contributed by atoms with Crippen LogP contribution in [-0.4, -0.2) is 14.8 Å². The van der Waals surface area contributed by atoms with E-state index in [-0.39, 0.29) is 0 Å². The fourth-order valence-corrected chi connectivity index (χ4v) is 2.69. The zero-order valence-corrected chi connectivity index (χ0v) is 12.7. The van der Waals surface area contributed by atoms with Crippen LogP contribution in [0.2, 0.25) is 10.0 Å². The van der Waals surface area contributed by atoms with Crippen LogP contribution in [0, 0.1) is 6.92 Å². The van der Waals surface area contributed by atoms with E-state index in [4.69, 9.17) is 28.9 Å². The van der Waals surface area contributed by atoms with Gasteiger partial charge in [0.15, 0.2) is 5.82 Å². The van der Waals surface area contributed by atoms with Gasteiger partial charge in [0, 0.05) is 16.3 Å². The molecule has 1 heterocycles. The molecule has 2 N–H and O–H groups in total. The number of benzene rings is 2. The second-order valence-corrected chi connectivity index (χ2v) is 5.43. The number of anilines is 1. The molecule has 1 aromatic heterocycles. The largest absolute Gasteiger partial charge is 0.397 e. The molecule has 0 bridgehead atoms. The monoisotopic (exact) mass is 318 g/mol. The summed E-state index contributed by atoms with van der Waals surface area (Å²) in [7, 11) is 0. The van der Waals surface area contributed by atoms with Gasteiger partial charge in [-0.25, -0.2) is 0 Å². The molecule has 0 saturated carbocycles. The lowest BCUT2D eigenvalue weighted by atomic mass is 10.1. The van der Waals surface area contributed by atoms with Crippen LogP contribution in [-0.2, 0) is 0 Å². The minimum absolute atomic E-state index is 0.401. The molecule has 0 fully saturated rings. The van der Waals surface area contributed by atoms with E-state index >= 15 is 0 Å². The Morgan fingerprint density at radius 3 is 2.48 bits per heavy atom. The molecule has 3 aromatic rings. The maximum absolute atomic E-state index is 6.11. The lowest BCUT2D eigenvalue weighted by molar-refractivity contribution is 0.972. The number of nitrogens with two attached hydrogens (primary N) is 1. The highest BCUT2D eigenvalue weighted by Gasteiger charge is 2.17. The smallest absolute Gasteiger partial charge is 0.170 e. The van der Waals surface area contributed by atoms with Crippen molar-refractivity contribution in [3.8, 4) is 17.1 Å². The third-order valence-electron chi connectivity index (χ3n) is 3.17. The van der Waals surface area contributed by atoms with Crippen LogP contribution in [0.1, 0.15) is 5.82 Å². The van der Waals surface area contributed by atoms with Crippen LogP contribution in [0.25, 0.3) is 17.1 Å². The van der Waals surface area contributed by atoms with Gasteiger partial charge in [0.1, 0.15) is 5.82 Å². The van der Waals surface area contributed by atoms with Crippen molar-refractivity contribution in [2.45, 2.75) is 6.92 Å². The minimum atomic E-state index is 0.401. The summed E-state index contributed by atoms with van der Waals surface area (Å²) in [6, 6.07) is 13.2. The van der Waals surface area contributed by atoms with E-state index < -0.39 is 0 Å². The predicted molar refractivity (Wildman–Crippen MR) is 86.0 cm³/mol. The summed E-state index contributed by atoms with van der Waals surface area (Å²) in [4.78, 5) is 0. The van der Waals surface area contributed by atoms with E-state index in [0.717, 1.165) is 11.5 Å². The highest BCUT2D eigenvalue weighted by Crippen LogP contribution is 2.35. The van der Waals surface area contributed by atoms with E-state index in [9.17, 15) is 0 Å². The highest BCUT2D eigenvalue weighted by molar-refractivity contribution is 6.37. The van der Waals surface area contributed by atoms with Gasteiger partial charge in [-0.05, 0) is 31.2 Å². The number of nitrogens with zero attached hydrogens (tertiary/aromatic N) is 3. The highest BCUT2D eigenvalue weighted by atomic mass is 35.5. The standard InChI is InChI=1S/C15H12Cl2N4/c1-9-19-20-15(21(9)11-5-3-2-4-6-11)12-7-10(16)8-13(17)14(12)18/h2-8H,18H2,1H3. The second kappa shape index (κ2) is 5.39. The molecule has 106 valence electrons. The molecule has 3 rings (SSSR count). The number of hydrogen-bond acceptors (Lipinski definition) is 3. The topological polar surface area (TPSA) is 56.7 Å². The van der Waals surface area contributed by atoms with E-state index in [2.05, 4.69) is 10.2 Å². The third kappa shape index (κ3) is 2.48. The summed E-state index contributed by atoms with van der Waals surface area (Å²) in [5.74, 6) is 1.37. The first kappa shape index (κ1) is 13.9. The van der Waals surface area contributed by atoms with E-state index in [1.807, 2.05) is 41.8 Å². The zero-order valence-electron chi connectivity index (χ0n) is 11.2. The first-order valence-corrected chi connectivity index (χ1v) is 7.06. The molecule has 0 saturated heterocycles. The summed E-state index contributed by atoms with van der Waals surface area (Å²) in [5, 5.41) is 9.27. The van der Waals surface area contributed by atoms with Crippen molar-refractivity contribution in [1.29, 1.82) is 0 Å². The summed E-state index contributed by atoms with van der Waals surface area (Å²) >= 11 is 12.2. The van der Waals surface area contributed by atoms with Crippen LogP contribution in [0.15, 0.2) is 42.5 Å². The van der Waals surface area contributed by atoms with Crippen LogP contribution in [0.3, 0.4) is 0 Å². The fraction of sp³-hybridized carbons (Fsp3) is 0.0667. The van der Waals surface area contributed by atoms with Gasteiger partial charge >= 0.3 is 0 Å². The number of rotatable bonds is 2. The molecule has 4 nitrogen and oxygen atoms in total. The van der Waals surface area contributed by atoms with Crippen molar-refractivity contribution in [1.82, 2.24) is 14.8 Å². The van der Waals surface area contributed by atoms with Gasteiger partial charge < -0.3 is 5.73 Å². The number of aryl methyl sites for hydroxylation is 1. The van der Waals surface area contributed by atoms with Crippen molar-refractivity contribution in [3.63, 3.8) is 0 Å². The molecule has 0 radical (unpaired) electrons. The fourth-order valence-electron chi connectivity index (χ4n) is 2.19. The molecule has 0 amide bonds. The molecule has 6 heteroatoms. The van der Waals surface area contributed by atoms with Crippen molar-refractivity contribution in [2.75, 3.05) is 5.73 Å². The Kier molecular flexibility index (Phi) is 3.57. The number of halogens is 2. The molecule has 0 unspecified atom stereocenters. The van der Waals surface area contributed by atoms with Gasteiger partial charge in [-0.1, -0.05) is 41.4 Å². The van der Waals surface area contributed by atoms with Crippen molar-refractivity contribution in [2.24, 2.45) is 0 Å². The molecular weight excluding hydrogens is 307 g/mol. The normalized spacial score (nSPS) is 10.8. The molecule has 0 atom stereocenters.